The van der Waals surface area contributed by atoms with Crippen LogP contribution in [-0.4, -0.2) is 38.5 Å². The summed E-state index contributed by atoms with van der Waals surface area (Å²) in [5.74, 6) is 0. The van der Waals surface area contributed by atoms with E-state index in [4.69, 9.17) is 9.47 Å². The molecule has 0 spiro atoms. The predicted molar refractivity (Wildman–Crippen MR) is 66.7 cm³/mol. The van der Waals surface area contributed by atoms with E-state index in [0.29, 0.717) is 0 Å². The van der Waals surface area contributed by atoms with Gasteiger partial charge in [-0.05, 0) is 40.5 Å². The molecule has 1 aliphatic rings. The summed E-state index contributed by atoms with van der Waals surface area (Å²) >= 11 is 0. The smallest absolute Gasteiger partial charge is 0.0536 e. The van der Waals surface area contributed by atoms with Crippen LogP contribution >= 0.6 is 0 Å². The normalized spacial score (nSPS) is 21.0. The van der Waals surface area contributed by atoms with Crippen molar-refractivity contribution in [2.45, 2.75) is 46.1 Å². The molecule has 0 radical (unpaired) electrons. The largest absolute Gasteiger partial charge is 0.381 e. The highest BCUT2D eigenvalue weighted by Crippen LogP contribution is 2.30. The molecule has 0 saturated carbocycles. The summed E-state index contributed by atoms with van der Waals surface area (Å²) in [4.78, 5) is 0. The van der Waals surface area contributed by atoms with E-state index in [1.165, 1.54) is 0 Å². The quantitative estimate of drug-likeness (QED) is 0.784. The molecule has 1 aliphatic heterocycles. The van der Waals surface area contributed by atoms with Crippen molar-refractivity contribution in [2.24, 2.45) is 5.41 Å². The first-order chi connectivity index (χ1) is 7.47. The van der Waals surface area contributed by atoms with Gasteiger partial charge >= 0.3 is 0 Å². The summed E-state index contributed by atoms with van der Waals surface area (Å²) in [5.41, 5.74) is 0.457. The standard InChI is InChI=1S/C13H27NO2/c1-5-15-11-13(6-8-16-9-7-13)10-14-12(2,3)4/h14H,5-11H2,1-4H3. The van der Waals surface area contributed by atoms with Crippen LogP contribution in [0.3, 0.4) is 0 Å². The minimum absolute atomic E-state index is 0.178. The van der Waals surface area contributed by atoms with Gasteiger partial charge in [-0.15, -0.1) is 0 Å². The van der Waals surface area contributed by atoms with Crippen LogP contribution in [0.4, 0.5) is 0 Å². The minimum Gasteiger partial charge on any atom is -0.381 e. The van der Waals surface area contributed by atoms with Crippen molar-refractivity contribution in [1.29, 1.82) is 0 Å². The third-order valence-electron chi connectivity index (χ3n) is 3.16. The molecule has 0 unspecified atom stereocenters. The Balaban J connectivity index is 2.48. The molecule has 1 rings (SSSR count). The summed E-state index contributed by atoms with van der Waals surface area (Å²) in [5, 5.41) is 3.61. The lowest BCUT2D eigenvalue weighted by Gasteiger charge is -2.39. The van der Waals surface area contributed by atoms with E-state index in [1.807, 2.05) is 0 Å². The molecule has 1 N–H and O–H groups in total. The second-order valence-corrected chi connectivity index (χ2v) is 5.85. The van der Waals surface area contributed by atoms with E-state index in [-0.39, 0.29) is 11.0 Å². The molecule has 0 aromatic heterocycles. The van der Waals surface area contributed by atoms with Crippen LogP contribution in [0.5, 0.6) is 0 Å². The van der Waals surface area contributed by atoms with Crippen molar-refractivity contribution in [3.63, 3.8) is 0 Å². The van der Waals surface area contributed by atoms with E-state index in [9.17, 15) is 0 Å². The first-order valence-corrected chi connectivity index (χ1v) is 6.38. The number of hydrogen-bond donors (Lipinski definition) is 1. The predicted octanol–water partition coefficient (Wildman–Crippen LogP) is 2.21. The van der Waals surface area contributed by atoms with Crippen molar-refractivity contribution in [2.75, 3.05) is 33.0 Å². The average Bonchev–Trinajstić information content (AvgIpc) is 2.24. The second-order valence-electron chi connectivity index (χ2n) is 5.85. The highest BCUT2D eigenvalue weighted by atomic mass is 16.5. The highest BCUT2D eigenvalue weighted by molar-refractivity contribution is 4.86. The van der Waals surface area contributed by atoms with E-state index in [0.717, 1.165) is 45.8 Å². The maximum Gasteiger partial charge on any atom is 0.0536 e. The number of rotatable bonds is 5. The fourth-order valence-corrected chi connectivity index (χ4v) is 1.95. The van der Waals surface area contributed by atoms with Gasteiger partial charge in [0.15, 0.2) is 0 Å². The Morgan fingerprint density at radius 1 is 1.25 bits per heavy atom. The summed E-state index contributed by atoms with van der Waals surface area (Å²) in [6, 6.07) is 0. The van der Waals surface area contributed by atoms with Crippen LogP contribution in [0, 0.1) is 5.41 Å². The Bertz CT molecular complexity index is 193. The maximum atomic E-state index is 5.65. The van der Waals surface area contributed by atoms with Crippen LogP contribution in [0.25, 0.3) is 0 Å². The summed E-state index contributed by atoms with van der Waals surface area (Å²) in [6.07, 6.45) is 2.21. The molecule has 0 aromatic rings. The fraction of sp³-hybridized carbons (Fsp3) is 1.00. The van der Waals surface area contributed by atoms with Gasteiger partial charge in [0.05, 0.1) is 6.61 Å². The number of ether oxygens (including phenoxy) is 2. The van der Waals surface area contributed by atoms with Crippen LogP contribution < -0.4 is 5.32 Å². The van der Waals surface area contributed by atoms with Crippen molar-refractivity contribution in [3.05, 3.63) is 0 Å². The van der Waals surface area contributed by atoms with Gasteiger partial charge in [-0.3, -0.25) is 0 Å². The van der Waals surface area contributed by atoms with Gasteiger partial charge in [0.1, 0.15) is 0 Å². The summed E-state index contributed by atoms with van der Waals surface area (Å²) in [7, 11) is 0. The lowest BCUT2D eigenvalue weighted by molar-refractivity contribution is -0.0385. The van der Waals surface area contributed by atoms with E-state index >= 15 is 0 Å². The van der Waals surface area contributed by atoms with Crippen LogP contribution in [-0.2, 0) is 9.47 Å². The molecule has 0 bridgehead atoms. The molecule has 96 valence electrons. The molecule has 0 amide bonds. The highest BCUT2D eigenvalue weighted by Gasteiger charge is 2.33. The van der Waals surface area contributed by atoms with Crippen LogP contribution in [0.1, 0.15) is 40.5 Å². The molecule has 0 atom stereocenters. The zero-order valence-corrected chi connectivity index (χ0v) is 11.3. The lowest BCUT2D eigenvalue weighted by Crippen LogP contribution is -2.48. The minimum atomic E-state index is 0.178. The maximum absolute atomic E-state index is 5.65. The van der Waals surface area contributed by atoms with Gasteiger partial charge in [-0.25, -0.2) is 0 Å². The molecule has 3 nitrogen and oxygen atoms in total. The van der Waals surface area contributed by atoms with Gasteiger partial charge in [-0.1, -0.05) is 0 Å². The van der Waals surface area contributed by atoms with Gasteiger partial charge < -0.3 is 14.8 Å². The molecule has 16 heavy (non-hydrogen) atoms. The van der Waals surface area contributed by atoms with Crippen LogP contribution in [0.2, 0.25) is 0 Å². The van der Waals surface area contributed by atoms with E-state index in [1.54, 1.807) is 0 Å². The first-order valence-electron chi connectivity index (χ1n) is 6.38. The topological polar surface area (TPSA) is 30.5 Å². The van der Waals surface area contributed by atoms with Crippen molar-refractivity contribution in [1.82, 2.24) is 5.32 Å². The molecule has 1 saturated heterocycles. The molecular weight excluding hydrogens is 202 g/mol. The summed E-state index contributed by atoms with van der Waals surface area (Å²) in [6.45, 7) is 13.1. The fourth-order valence-electron chi connectivity index (χ4n) is 1.95. The van der Waals surface area contributed by atoms with Gasteiger partial charge in [0.2, 0.25) is 0 Å². The zero-order chi connectivity index (χ0) is 12.1. The lowest BCUT2D eigenvalue weighted by atomic mass is 9.80. The average molecular weight is 229 g/mol. The van der Waals surface area contributed by atoms with Gasteiger partial charge in [0, 0.05) is 37.3 Å². The second kappa shape index (κ2) is 5.99. The Kier molecular flexibility index (Phi) is 5.22. The van der Waals surface area contributed by atoms with Crippen molar-refractivity contribution >= 4 is 0 Å². The molecule has 3 heteroatoms. The Morgan fingerprint density at radius 2 is 1.88 bits per heavy atom. The third-order valence-corrected chi connectivity index (χ3v) is 3.16. The van der Waals surface area contributed by atoms with Gasteiger partial charge in [0.25, 0.3) is 0 Å². The molecule has 0 aliphatic carbocycles. The Morgan fingerprint density at radius 3 is 2.38 bits per heavy atom. The van der Waals surface area contributed by atoms with E-state index in [2.05, 4.69) is 33.0 Å². The Labute approximate surface area is 99.9 Å². The van der Waals surface area contributed by atoms with Crippen molar-refractivity contribution in [3.8, 4) is 0 Å². The SMILES string of the molecule is CCOCC1(CNC(C)(C)C)CCOCC1. The van der Waals surface area contributed by atoms with E-state index < -0.39 is 0 Å². The zero-order valence-electron chi connectivity index (χ0n) is 11.3. The van der Waals surface area contributed by atoms with Crippen molar-refractivity contribution < 1.29 is 9.47 Å². The Hall–Kier alpha value is -0.120. The summed E-state index contributed by atoms with van der Waals surface area (Å²) < 4.78 is 11.1. The molecule has 1 fully saturated rings. The number of hydrogen-bond acceptors (Lipinski definition) is 3. The molecular formula is C13H27NO2. The molecule has 0 aromatic carbocycles. The third kappa shape index (κ3) is 4.81. The van der Waals surface area contributed by atoms with Crippen LogP contribution in [0.15, 0.2) is 0 Å². The van der Waals surface area contributed by atoms with Gasteiger partial charge in [-0.2, -0.15) is 0 Å². The first kappa shape index (κ1) is 13.9. The monoisotopic (exact) mass is 229 g/mol. The number of nitrogens with one attached hydrogen (secondary N) is 1. The molecule has 1 heterocycles.